The van der Waals surface area contributed by atoms with Gasteiger partial charge in [0.2, 0.25) is 11.8 Å². The second-order valence-corrected chi connectivity index (χ2v) is 6.56. The minimum atomic E-state index is -0.590. The average molecular weight is 280 g/mol. The lowest BCUT2D eigenvalue weighted by Crippen LogP contribution is -2.51. The smallest absolute Gasteiger partial charge is 0.224 e. The van der Waals surface area contributed by atoms with Crippen LogP contribution in [-0.4, -0.2) is 18.4 Å². The van der Waals surface area contributed by atoms with Crippen LogP contribution in [-0.2, 0) is 9.59 Å². The summed E-state index contributed by atoms with van der Waals surface area (Å²) in [5.74, 6) is 0.180. The molecule has 2 fully saturated rings. The first-order valence-electron chi connectivity index (χ1n) is 8.18. The summed E-state index contributed by atoms with van der Waals surface area (Å²) in [4.78, 5) is 24.7. The van der Waals surface area contributed by atoms with Crippen molar-refractivity contribution in [2.24, 2.45) is 23.0 Å². The lowest BCUT2D eigenvalue weighted by molar-refractivity contribution is -0.144. The quantitative estimate of drug-likeness (QED) is 0.784. The van der Waals surface area contributed by atoms with Crippen LogP contribution in [0.15, 0.2) is 0 Å². The van der Waals surface area contributed by atoms with E-state index in [1.54, 1.807) is 0 Å². The number of nitrogens with one attached hydrogen (secondary N) is 1. The Morgan fingerprint density at radius 1 is 1.20 bits per heavy atom. The van der Waals surface area contributed by atoms with Crippen molar-refractivity contribution in [2.45, 2.75) is 64.7 Å². The molecule has 0 aromatic rings. The first kappa shape index (κ1) is 15.3. The van der Waals surface area contributed by atoms with Crippen molar-refractivity contribution in [2.75, 3.05) is 6.54 Å². The van der Waals surface area contributed by atoms with Gasteiger partial charge < -0.3 is 11.1 Å². The van der Waals surface area contributed by atoms with Crippen LogP contribution in [0.4, 0.5) is 0 Å². The molecule has 2 aliphatic carbocycles. The lowest BCUT2D eigenvalue weighted by atomic mass is 9.61. The number of hydrogen-bond donors (Lipinski definition) is 2. The third-order valence-electron chi connectivity index (χ3n) is 5.36. The van der Waals surface area contributed by atoms with Crippen LogP contribution < -0.4 is 11.1 Å². The Balaban J connectivity index is 2.20. The summed E-state index contributed by atoms with van der Waals surface area (Å²) >= 11 is 0. The normalized spacial score (nSPS) is 23.6. The molecule has 2 amide bonds. The summed E-state index contributed by atoms with van der Waals surface area (Å²) in [6, 6.07) is 0. The highest BCUT2D eigenvalue weighted by Crippen LogP contribution is 2.47. The van der Waals surface area contributed by atoms with Gasteiger partial charge in [-0.3, -0.25) is 9.59 Å². The zero-order chi connectivity index (χ0) is 14.6. The third kappa shape index (κ3) is 2.99. The Morgan fingerprint density at radius 2 is 1.85 bits per heavy atom. The molecule has 4 nitrogen and oxygen atoms in total. The fraction of sp³-hybridized carbons (Fsp3) is 0.875. The van der Waals surface area contributed by atoms with Gasteiger partial charge in [-0.05, 0) is 32.1 Å². The Bertz CT molecular complexity index is 357. The molecule has 0 aromatic carbocycles. The van der Waals surface area contributed by atoms with Gasteiger partial charge in [-0.15, -0.1) is 0 Å². The number of hydrogen-bond acceptors (Lipinski definition) is 2. The summed E-state index contributed by atoms with van der Waals surface area (Å²) in [6.45, 7) is 2.55. The summed E-state index contributed by atoms with van der Waals surface area (Å²) in [6.07, 6.45) is 9.27. The van der Waals surface area contributed by atoms with Crippen LogP contribution in [0.1, 0.15) is 64.7 Å². The number of amides is 2. The molecule has 0 bridgehead atoms. The van der Waals surface area contributed by atoms with Gasteiger partial charge in [0.1, 0.15) is 0 Å². The first-order chi connectivity index (χ1) is 9.60. The van der Waals surface area contributed by atoms with Crippen LogP contribution in [0.3, 0.4) is 0 Å². The second-order valence-electron chi connectivity index (χ2n) is 6.56. The van der Waals surface area contributed by atoms with E-state index < -0.39 is 5.41 Å². The fourth-order valence-corrected chi connectivity index (χ4v) is 3.89. The molecular formula is C16H28N2O2. The summed E-state index contributed by atoms with van der Waals surface area (Å²) < 4.78 is 0. The van der Waals surface area contributed by atoms with Gasteiger partial charge in [0, 0.05) is 6.54 Å². The van der Waals surface area contributed by atoms with Crippen molar-refractivity contribution in [1.82, 2.24) is 5.32 Å². The maximum Gasteiger partial charge on any atom is 0.224 e. The van der Waals surface area contributed by atoms with E-state index in [9.17, 15) is 9.59 Å². The largest absolute Gasteiger partial charge is 0.369 e. The molecule has 0 aliphatic heterocycles. The van der Waals surface area contributed by atoms with Gasteiger partial charge in [0.05, 0.1) is 11.3 Å². The molecule has 3 N–H and O–H groups in total. The number of rotatable bonds is 6. The SMILES string of the molecule is CCNC(=O)C(CC1CCC1)C1(C(N)=O)CCCCC1. The molecule has 0 spiro atoms. The molecule has 4 heteroatoms. The molecule has 2 rings (SSSR count). The predicted octanol–water partition coefficient (Wildman–Crippen LogP) is 2.36. The molecule has 114 valence electrons. The van der Waals surface area contributed by atoms with Gasteiger partial charge in [0.15, 0.2) is 0 Å². The van der Waals surface area contributed by atoms with Gasteiger partial charge in [-0.2, -0.15) is 0 Å². The van der Waals surface area contributed by atoms with E-state index in [4.69, 9.17) is 5.73 Å². The van der Waals surface area contributed by atoms with E-state index in [0.717, 1.165) is 38.5 Å². The van der Waals surface area contributed by atoms with Crippen LogP contribution in [0.2, 0.25) is 0 Å². The molecule has 0 saturated heterocycles. The molecule has 0 aromatic heterocycles. The summed E-state index contributed by atoms with van der Waals surface area (Å²) in [5.41, 5.74) is 5.16. The predicted molar refractivity (Wildman–Crippen MR) is 78.8 cm³/mol. The number of carbonyl (C=O) groups is 2. The second kappa shape index (κ2) is 6.59. The van der Waals surface area contributed by atoms with E-state index >= 15 is 0 Å². The van der Waals surface area contributed by atoms with E-state index in [2.05, 4.69) is 5.32 Å². The molecule has 2 saturated carbocycles. The molecular weight excluding hydrogens is 252 g/mol. The highest BCUT2D eigenvalue weighted by atomic mass is 16.2. The van der Waals surface area contributed by atoms with E-state index in [1.807, 2.05) is 6.92 Å². The Kier molecular flexibility index (Phi) is 5.06. The number of primary amides is 1. The fourth-order valence-electron chi connectivity index (χ4n) is 3.89. The standard InChI is InChI=1S/C16H28N2O2/c1-2-18-14(19)13(11-12-7-6-8-12)16(15(17)20)9-4-3-5-10-16/h12-13H,2-11H2,1H3,(H2,17,20)(H,18,19). The average Bonchev–Trinajstić information content (AvgIpc) is 2.38. The van der Waals surface area contributed by atoms with Crippen molar-refractivity contribution in [3.63, 3.8) is 0 Å². The molecule has 0 radical (unpaired) electrons. The van der Waals surface area contributed by atoms with E-state index in [0.29, 0.717) is 12.5 Å². The zero-order valence-electron chi connectivity index (χ0n) is 12.6. The van der Waals surface area contributed by atoms with Gasteiger partial charge in [-0.25, -0.2) is 0 Å². The Morgan fingerprint density at radius 3 is 2.30 bits per heavy atom. The maximum atomic E-state index is 12.5. The lowest BCUT2D eigenvalue weighted by Gasteiger charge is -2.42. The molecule has 20 heavy (non-hydrogen) atoms. The minimum Gasteiger partial charge on any atom is -0.369 e. The van der Waals surface area contributed by atoms with Crippen LogP contribution in [0.5, 0.6) is 0 Å². The number of nitrogens with two attached hydrogens (primary N) is 1. The van der Waals surface area contributed by atoms with Crippen molar-refractivity contribution in [3.05, 3.63) is 0 Å². The molecule has 1 unspecified atom stereocenters. The highest BCUT2D eigenvalue weighted by molar-refractivity contribution is 5.90. The van der Waals surface area contributed by atoms with Crippen molar-refractivity contribution in [3.8, 4) is 0 Å². The van der Waals surface area contributed by atoms with Crippen LogP contribution in [0, 0.1) is 17.3 Å². The first-order valence-corrected chi connectivity index (χ1v) is 8.18. The third-order valence-corrected chi connectivity index (χ3v) is 5.36. The van der Waals surface area contributed by atoms with Gasteiger partial charge >= 0.3 is 0 Å². The molecule has 2 aliphatic rings. The summed E-state index contributed by atoms with van der Waals surface area (Å²) in [5, 5.41) is 2.93. The van der Waals surface area contributed by atoms with E-state index in [-0.39, 0.29) is 17.7 Å². The van der Waals surface area contributed by atoms with Crippen molar-refractivity contribution >= 4 is 11.8 Å². The molecule has 0 heterocycles. The Hall–Kier alpha value is -1.06. The summed E-state index contributed by atoms with van der Waals surface area (Å²) in [7, 11) is 0. The monoisotopic (exact) mass is 280 g/mol. The van der Waals surface area contributed by atoms with E-state index in [1.165, 1.54) is 19.3 Å². The van der Waals surface area contributed by atoms with Crippen LogP contribution in [0.25, 0.3) is 0 Å². The topological polar surface area (TPSA) is 72.2 Å². The van der Waals surface area contributed by atoms with Gasteiger partial charge in [0.25, 0.3) is 0 Å². The van der Waals surface area contributed by atoms with Crippen LogP contribution >= 0.6 is 0 Å². The van der Waals surface area contributed by atoms with Crippen molar-refractivity contribution < 1.29 is 9.59 Å². The molecule has 1 atom stereocenters. The number of carbonyl (C=O) groups excluding carboxylic acids is 2. The highest BCUT2D eigenvalue weighted by Gasteiger charge is 2.48. The van der Waals surface area contributed by atoms with Crippen molar-refractivity contribution in [1.29, 1.82) is 0 Å². The minimum absolute atomic E-state index is 0.0418. The maximum absolute atomic E-state index is 12.5. The zero-order valence-corrected chi connectivity index (χ0v) is 12.6. The Labute approximate surface area is 121 Å². The van der Waals surface area contributed by atoms with Gasteiger partial charge in [-0.1, -0.05) is 38.5 Å².